The summed E-state index contributed by atoms with van der Waals surface area (Å²) in [5, 5.41) is 2.00. The maximum Gasteiger partial charge on any atom is 0.135 e. The molecule has 2 aromatic rings. The van der Waals surface area contributed by atoms with Crippen LogP contribution < -0.4 is 0 Å². The Kier molecular flexibility index (Phi) is 1.78. The molecule has 1 aromatic heterocycles. The molecule has 0 bridgehead atoms. The van der Waals surface area contributed by atoms with E-state index in [4.69, 9.17) is 27.6 Å². The first-order valence-electron chi connectivity index (χ1n) is 3.52. The highest BCUT2D eigenvalue weighted by atomic mass is 35.5. The molecule has 0 amide bonds. The third-order valence-corrected chi connectivity index (χ3v) is 2.53. The van der Waals surface area contributed by atoms with Gasteiger partial charge in [-0.1, -0.05) is 23.2 Å². The molecule has 2 rings (SSSR count). The second-order valence-electron chi connectivity index (χ2n) is 2.63. The molecule has 0 fully saturated rings. The molecule has 0 aliphatic heterocycles. The molecule has 0 aliphatic rings. The van der Waals surface area contributed by atoms with E-state index in [-0.39, 0.29) is 0 Å². The lowest BCUT2D eigenvalue weighted by atomic mass is 10.2. The van der Waals surface area contributed by atoms with Gasteiger partial charge in [-0.2, -0.15) is 0 Å². The van der Waals surface area contributed by atoms with Crippen LogP contribution in [-0.2, 0) is 0 Å². The van der Waals surface area contributed by atoms with Crippen LogP contribution in [0.4, 0.5) is 0 Å². The number of benzene rings is 1. The first kappa shape index (κ1) is 7.96. The summed E-state index contributed by atoms with van der Waals surface area (Å²) in [5.41, 5.74) is 0.780. The summed E-state index contributed by atoms with van der Waals surface area (Å²) in [6, 6.07) is 5.43. The first-order valence-corrected chi connectivity index (χ1v) is 4.28. The van der Waals surface area contributed by atoms with Crippen molar-refractivity contribution in [2.75, 3.05) is 0 Å². The van der Waals surface area contributed by atoms with Crippen LogP contribution >= 0.6 is 23.2 Å². The summed E-state index contributed by atoms with van der Waals surface area (Å²) in [5.74, 6) is 0.842. The summed E-state index contributed by atoms with van der Waals surface area (Å²) in [4.78, 5) is 0. The van der Waals surface area contributed by atoms with Gasteiger partial charge in [-0.15, -0.1) is 0 Å². The highest BCUT2D eigenvalue weighted by Crippen LogP contribution is 2.32. The zero-order chi connectivity index (χ0) is 8.72. The molecular weight excluding hydrogens is 195 g/mol. The number of halogens is 2. The van der Waals surface area contributed by atoms with E-state index in [1.54, 1.807) is 6.07 Å². The van der Waals surface area contributed by atoms with E-state index in [2.05, 4.69) is 0 Å². The van der Waals surface area contributed by atoms with Gasteiger partial charge in [0.1, 0.15) is 11.3 Å². The van der Waals surface area contributed by atoms with Gasteiger partial charge < -0.3 is 4.42 Å². The lowest BCUT2D eigenvalue weighted by Gasteiger charge is -1.94. The Balaban J connectivity index is 2.89. The number of rotatable bonds is 0. The molecule has 1 aromatic carbocycles. The van der Waals surface area contributed by atoms with Crippen molar-refractivity contribution >= 4 is 34.2 Å². The summed E-state index contributed by atoms with van der Waals surface area (Å²) < 4.78 is 5.36. The average Bonchev–Trinajstić information content (AvgIpc) is 2.39. The molecule has 62 valence electrons. The third-order valence-electron chi connectivity index (χ3n) is 1.71. The molecule has 1 heterocycles. The fourth-order valence-electron chi connectivity index (χ4n) is 1.18. The highest BCUT2D eigenvalue weighted by molar-refractivity contribution is 6.45. The Morgan fingerprint density at radius 1 is 1.25 bits per heavy atom. The number of hydrogen-bond donors (Lipinski definition) is 0. The zero-order valence-corrected chi connectivity index (χ0v) is 7.91. The van der Waals surface area contributed by atoms with Crippen LogP contribution in [0.3, 0.4) is 0 Å². The van der Waals surface area contributed by atoms with E-state index in [0.717, 1.165) is 16.7 Å². The summed E-state index contributed by atoms with van der Waals surface area (Å²) in [7, 11) is 0. The summed E-state index contributed by atoms with van der Waals surface area (Å²) >= 11 is 11.8. The van der Waals surface area contributed by atoms with Crippen molar-refractivity contribution in [3.8, 4) is 0 Å². The molecule has 1 nitrogen and oxygen atoms in total. The van der Waals surface area contributed by atoms with Gasteiger partial charge in [0.2, 0.25) is 0 Å². The fraction of sp³-hybridized carbons (Fsp3) is 0.111. The predicted octanol–water partition coefficient (Wildman–Crippen LogP) is 4.05. The molecular formula is C9H6Cl2O. The van der Waals surface area contributed by atoms with Crippen LogP contribution in [0, 0.1) is 6.92 Å². The molecule has 0 spiro atoms. The molecule has 0 saturated carbocycles. The predicted molar refractivity (Wildman–Crippen MR) is 51.0 cm³/mol. The van der Waals surface area contributed by atoms with E-state index in [1.165, 1.54) is 0 Å². The van der Waals surface area contributed by atoms with E-state index in [9.17, 15) is 0 Å². The summed E-state index contributed by atoms with van der Waals surface area (Å²) in [6.45, 7) is 1.88. The van der Waals surface area contributed by atoms with E-state index >= 15 is 0 Å². The van der Waals surface area contributed by atoms with Gasteiger partial charge in [0.15, 0.2) is 0 Å². The Morgan fingerprint density at radius 3 is 2.75 bits per heavy atom. The second kappa shape index (κ2) is 2.68. The van der Waals surface area contributed by atoms with Gasteiger partial charge in [-0.3, -0.25) is 0 Å². The molecule has 3 heteroatoms. The van der Waals surface area contributed by atoms with Gasteiger partial charge in [-0.25, -0.2) is 0 Å². The number of furan rings is 1. The van der Waals surface area contributed by atoms with Crippen LogP contribution in [0.2, 0.25) is 10.0 Å². The lowest BCUT2D eigenvalue weighted by molar-refractivity contribution is 0.578. The Labute approximate surface area is 79.9 Å². The molecule has 12 heavy (non-hydrogen) atoms. The van der Waals surface area contributed by atoms with Gasteiger partial charge in [0.25, 0.3) is 0 Å². The van der Waals surface area contributed by atoms with Crippen molar-refractivity contribution in [3.05, 3.63) is 34.0 Å². The Bertz CT molecular complexity index is 431. The van der Waals surface area contributed by atoms with Crippen LogP contribution in [-0.4, -0.2) is 0 Å². The molecule has 0 radical (unpaired) electrons. The topological polar surface area (TPSA) is 13.1 Å². The molecule has 0 atom stereocenters. The largest absolute Gasteiger partial charge is 0.461 e. The van der Waals surface area contributed by atoms with Crippen LogP contribution in [0.15, 0.2) is 22.6 Å². The lowest BCUT2D eigenvalue weighted by Crippen LogP contribution is -1.68. The Hall–Kier alpha value is -0.660. The second-order valence-corrected chi connectivity index (χ2v) is 3.42. The van der Waals surface area contributed by atoms with Crippen molar-refractivity contribution in [3.63, 3.8) is 0 Å². The minimum absolute atomic E-state index is 0.560. The van der Waals surface area contributed by atoms with Crippen LogP contribution in [0.5, 0.6) is 0 Å². The average molecular weight is 201 g/mol. The number of hydrogen-bond acceptors (Lipinski definition) is 1. The quantitative estimate of drug-likeness (QED) is 0.626. The van der Waals surface area contributed by atoms with E-state index < -0.39 is 0 Å². The van der Waals surface area contributed by atoms with Crippen molar-refractivity contribution < 1.29 is 4.42 Å². The number of aryl methyl sites for hydroxylation is 1. The fourth-order valence-corrected chi connectivity index (χ4v) is 1.55. The Morgan fingerprint density at radius 2 is 2.00 bits per heavy atom. The van der Waals surface area contributed by atoms with Crippen molar-refractivity contribution in [2.45, 2.75) is 6.92 Å². The standard InChI is InChI=1S/C9H6Cl2O/c1-5-4-6-8(12-5)3-2-7(10)9(6)11/h2-4H,1H3. The van der Waals surface area contributed by atoms with E-state index in [0.29, 0.717) is 10.0 Å². The maximum absolute atomic E-state index is 5.95. The molecule has 0 unspecified atom stereocenters. The van der Waals surface area contributed by atoms with Gasteiger partial charge >= 0.3 is 0 Å². The molecule has 0 N–H and O–H groups in total. The number of fused-ring (bicyclic) bond motifs is 1. The van der Waals surface area contributed by atoms with Crippen molar-refractivity contribution in [1.82, 2.24) is 0 Å². The summed E-state index contributed by atoms with van der Waals surface area (Å²) in [6.07, 6.45) is 0. The smallest absolute Gasteiger partial charge is 0.135 e. The van der Waals surface area contributed by atoms with Crippen molar-refractivity contribution in [1.29, 1.82) is 0 Å². The molecule has 0 aliphatic carbocycles. The van der Waals surface area contributed by atoms with Crippen LogP contribution in [0.25, 0.3) is 11.0 Å². The van der Waals surface area contributed by atoms with Gasteiger partial charge in [0.05, 0.1) is 10.0 Å². The first-order chi connectivity index (χ1) is 5.68. The van der Waals surface area contributed by atoms with Crippen LogP contribution in [0.1, 0.15) is 5.76 Å². The van der Waals surface area contributed by atoms with E-state index in [1.807, 2.05) is 19.1 Å². The maximum atomic E-state index is 5.95. The zero-order valence-electron chi connectivity index (χ0n) is 6.40. The normalized spacial score (nSPS) is 10.9. The minimum Gasteiger partial charge on any atom is -0.461 e. The van der Waals surface area contributed by atoms with Gasteiger partial charge in [0, 0.05) is 5.39 Å². The monoisotopic (exact) mass is 200 g/mol. The molecule has 0 saturated heterocycles. The van der Waals surface area contributed by atoms with Gasteiger partial charge in [-0.05, 0) is 25.1 Å². The van der Waals surface area contributed by atoms with Crippen molar-refractivity contribution in [2.24, 2.45) is 0 Å². The minimum atomic E-state index is 0.560. The SMILES string of the molecule is Cc1cc2c(Cl)c(Cl)ccc2o1. The highest BCUT2D eigenvalue weighted by Gasteiger charge is 2.06. The third kappa shape index (κ3) is 1.10.